The summed E-state index contributed by atoms with van der Waals surface area (Å²) < 4.78 is 5.25. The number of carboxylic acids is 1. The quantitative estimate of drug-likeness (QED) is 0.859. The number of aromatic hydroxyl groups is 1. The molecule has 1 saturated heterocycles. The zero-order chi connectivity index (χ0) is 14.9. The molecule has 1 aliphatic rings. The SMILES string of the molecule is Cc1c(O)cccc1C(=O)N1CC(C)(OCC(=O)O)C1. The number of amides is 1. The van der Waals surface area contributed by atoms with Crippen LogP contribution in [-0.4, -0.2) is 52.3 Å². The predicted molar refractivity (Wildman–Crippen MR) is 70.7 cm³/mol. The summed E-state index contributed by atoms with van der Waals surface area (Å²) in [7, 11) is 0. The van der Waals surface area contributed by atoms with Crippen LogP contribution in [0, 0.1) is 6.92 Å². The molecule has 1 aliphatic heterocycles. The Kier molecular flexibility index (Phi) is 3.67. The van der Waals surface area contributed by atoms with Gasteiger partial charge in [0.05, 0.1) is 13.1 Å². The first-order chi connectivity index (χ1) is 9.32. The van der Waals surface area contributed by atoms with E-state index in [-0.39, 0.29) is 18.3 Å². The number of carboxylic acid groups (broad SMARTS) is 1. The molecule has 20 heavy (non-hydrogen) atoms. The van der Waals surface area contributed by atoms with Crippen molar-refractivity contribution in [1.82, 2.24) is 4.90 Å². The highest BCUT2D eigenvalue weighted by molar-refractivity contribution is 5.96. The maximum Gasteiger partial charge on any atom is 0.329 e. The Morgan fingerprint density at radius 2 is 2.05 bits per heavy atom. The highest BCUT2D eigenvalue weighted by Gasteiger charge is 2.43. The van der Waals surface area contributed by atoms with E-state index in [1.165, 1.54) is 6.07 Å². The van der Waals surface area contributed by atoms with Crippen LogP contribution in [0.25, 0.3) is 0 Å². The predicted octanol–water partition coefficient (Wildman–Crippen LogP) is 1.02. The Hall–Kier alpha value is -2.08. The minimum absolute atomic E-state index is 0.0845. The van der Waals surface area contributed by atoms with Gasteiger partial charge in [0.25, 0.3) is 5.91 Å². The molecule has 0 unspecified atom stereocenters. The second-order valence-corrected chi connectivity index (χ2v) is 5.24. The van der Waals surface area contributed by atoms with Crippen molar-refractivity contribution >= 4 is 11.9 Å². The van der Waals surface area contributed by atoms with Crippen molar-refractivity contribution in [1.29, 1.82) is 0 Å². The number of benzene rings is 1. The van der Waals surface area contributed by atoms with Crippen molar-refractivity contribution in [2.24, 2.45) is 0 Å². The van der Waals surface area contributed by atoms with E-state index in [2.05, 4.69) is 0 Å². The lowest BCUT2D eigenvalue weighted by Gasteiger charge is -2.47. The summed E-state index contributed by atoms with van der Waals surface area (Å²) in [6.07, 6.45) is 0. The lowest BCUT2D eigenvalue weighted by Crippen LogP contribution is -2.63. The summed E-state index contributed by atoms with van der Waals surface area (Å²) in [4.78, 5) is 24.3. The molecule has 1 fully saturated rings. The molecule has 108 valence electrons. The van der Waals surface area contributed by atoms with Gasteiger partial charge in [-0.2, -0.15) is 0 Å². The Morgan fingerprint density at radius 1 is 1.40 bits per heavy atom. The number of hydrogen-bond donors (Lipinski definition) is 2. The third-order valence-corrected chi connectivity index (χ3v) is 3.42. The smallest absolute Gasteiger partial charge is 0.329 e. The molecule has 0 spiro atoms. The molecular formula is C14H17NO5. The second kappa shape index (κ2) is 5.13. The largest absolute Gasteiger partial charge is 0.508 e. The highest BCUT2D eigenvalue weighted by Crippen LogP contribution is 2.28. The molecule has 2 N–H and O–H groups in total. The Morgan fingerprint density at radius 3 is 2.65 bits per heavy atom. The van der Waals surface area contributed by atoms with E-state index in [1.54, 1.807) is 30.9 Å². The fraction of sp³-hybridized carbons (Fsp3) is 0.429. The van der Waals surface area contributed by atoms with Crippen LogP contribution in [0.3, 0.4) is 0 Å². The lowest BCUT2D eigenvalue weighted by molar-refractivity contribution is -0.159. The number of rotatable bonds is 4. The molecule has 0 aliphatic carbocycles. The van der Waals surface area contributed by atoms with Gasteiger partial charge in [-0.3, -0.25) is 4.79 Å². The molecule has 0 atom stereocenters. The van der Waals surface area contributed by atoms with E-state index >= 15 is 0 Å². The van der Waals surface area contributed by atoms with Gasteiger partial charge in [-0.05, 0) is 26.0 Å². The van der Waals surface area contributed by atoms with Crippen molar-refractivity contribution in [2.45, 2.75) is 19.4 Å². The normalized spacial score (nSPS) is 16.6. The molecule has 6 nitrogen and oxygen atoms in total. The Labute approximate surface area is 116 Å². The number of ether oxygens (including phenoxy) is 1. The number of likely N-dealkylation sites (tertiary alicyclic amines) is 1. The van der Waals surface area contributed by atoms with E-state index in [1.807, 2.05) is 0 Å². The number of aliphatic carboxylic acids is 1. The van der Waals surface area contributed by atoms with Gasteiger partial charge < -0.3 is 19.8 Å². The first-order valence-corrected chi connectivity index (χ1v) is 6.26. The first-order valence-electron chi connectivity index (χ1n) is 6.26. The molecule has 6 heteroatoms. The molecule has 1 aromatic rings. The van der Waals surface area contributed by atoms with Crippen molar-refractivity contribution in [3.8, 4) is 5.75 Å². The van der Waals surface area contributed by atoms with Gasteiger partial charge in [-0.1, -0.05) is 6.07 Å². The van der Waals surface area contributed by atoms with E-state index in [9.17, 15) is 14.7 Å². The van der Waals surface area contributed by atoms with Crippen LogP contribution in [0.4, 0.5) is 0 Å². The van der Waals surface area contributed by atoms with Gasteiger partial charge in [0.1, 0.15) is 18.0 Å². The summed E-state index contributed by atoms with van der Waals surface area (Å²) >= 11 is 0. The van der Waals surface area contributed by atoms with Gasteiger partial charge >= 0.3 is 5.97 Å². The monoisotopic (exact) mass is 279 g/mol. The van der Waals surface area contributed by atoms with Crippen LogP contribution in [0.2, 0.25) is 0 Å². The number of nitrogens with zero attached hydrogens (tertiary/aromatic N) is 1. The maximum atomic E-state index is 12.3. The average molecular weight is 279 g/mol. The van der Waals surface area contributed by atoms with Crippen molar-refractivity contribution in [3.63, 3.8) is 0 Å². The molecule has 0 saturated carbocycles. The zero-order valence-electron chi connectivity index (χ0n) is 11.4. The van der Waals surface area contributed by atoms with Gasteiger partial charge in [0, 0.05) is 11.1 Å². The summed E-state index contributed by atoms with van der Waals surface area (Å²) in [5.41, 5.74) is 0.376. The molecule has 0 aromatic heterocycles. The fourth-order valence-electron chi connectivity index (χ4n) is 2.26. The highest BCUT2D eigenvalue weighted by atomic mass is 16.5. The molecule has 1 aromatic carbocycles. The minimum atomic E-state index is -1.03. The third-order valence-electron chi connectivity index (χ3n) is 3.42. The van der Waals surface area contributed by atoms with E-state index in [4.69, 9.17) is 9.84 Å². The van der Waals surface area contributed by atoms with E-state index < -0.39 is 11.6 Å². The summed E-state index contributed by atoms with van der Waals surface area (Å²) in [6, 6.07) is 4.81. The van der Waals surface area contributed by atoms with Crippen LogP contribution in [0.5, 0.6) is 5.75 Å². The molecule has 0 bridgehead atoms. The average Bonchev–Trinajstić information content (AvgIpc) is 2.35. The van der Waals surface area contributed by atoms with Crippen molar-refractivity contribution in [3.05, 3.63) is 29.3 Å². The third kappa shape index (κ3) is 2.75. The lowest BCUT2D eigenvalue weighted by atomic mass is 9.94. The number of carbonyl (C=O) groups is 2. The van der Waals surface area contributed by atoms with Crippen LogP contribution in [0.15, 0.2) is 18.2 Å². The Balaban J connectivity index is 2.00. The maximum absolute atomic E-state index is 12.3. The fourth-order valence-corrected chi connectivity index (χ4v) is 2.26. The second-order valence-electron chi connectivity index (χ2n) is 5.24. The molecule has 0 radical (unpaired) electrons. The first kappa shape index (κ1) is 14.3. The number of phenolic OH excluding ortho intramolecular Hbond substituents is 1. The van der Waals surface area contributed by atoms with Gasteiger partial charge in [0.15, 0.2) is 0 Å². The van der Waals surface area contributed by atoms with Crippen LogP contribution < -0.4 is 0 Å². The summed E-state index contributed by atoms with van der Waals surface area (Å²) in [5.74, 6) is -1.13. The molecule has 2 rings (SSSR count). The minimum Gasteiger partial charge on any atom is -0.508 e. The Bertz CT molecular complexity index is 548. The zero-order valence-corrected chi connectivity index (χ0v) is 11.4. The molecular weight excluding hydrogens is 262 g/mol. The summed E-state index contributed by atoms with van der Waals surface area (Å²) in [6.45, 7) is 3.77. The number of hydrogen-bond acceptors (Lipinski definition) is 4. The molecule has 1 amide bonds. The van der Waals surface area contributed by atoms with Gasteiger partial charge in [-0.15, -0.1) is 0 Å². The summed E-state index contributed by atoms with van der Waals surface area (Å²) in [5, 5.41) is 18.2. The van der Waals surface area contributed by atoms with E-state index in [0.717, 1.165) is 0 Å². The van der Waals surface area contributed by atoms with Crippen molar-refractivity contribution in [2.75, 3.05) is 19.7 Å². The van der Waals surface area contributed by atoms with Gasteiger partial charge in [-0.25, -0.2) is 4.79 Å². The van der Waals surface area contributed by atoms with Crippen LogP contribution >= 0.6 is 0 Å². The van der Waals surface area contributed by atoms with Crippen LogP contribution in [0.1, 0.15) is 22.8 Å². The number of phenols is 1. The van der Waals surface area contributed by atoms with E-state index in [0.29, 0.717) is 24.2 Å². The van der Waals surface area contributed by atoms with Crippen molar-refractivity contribution < 1.29 is 24.5 Å². The molecule has 1 heterocycles. The topological polar surface area (TPSA) is 87.1 Å². The van der Waals surface area contributed by atoms with Gasteiger partial charge in [0.2, 0.25) is 0 Å². The standard InChI is InChI=1S/C14H17NO5/c1-9-10(4-3-5-11(9)16)13(19)15-7-14(2,8-15)20-6-12(17)18/h3-5,16H,6-8H2,1-2H3,(H,17,18). The van der Waals surface area contributed by atoms with Crippen LogP contribution in [-0.2, 0) is 9.53 Å². The number of carbonyl (C=O) groups excluding carboxylic acids is 1.